The summed E-state index contributed by atoms with van der Waals surface area (Å²) in [7, 11) is 0. The Kier molecular flexibility index (Phi) is 3.33. The molecule has 2 nitrogen and oxygen atoms in total. The number of hydrogen-bond acceptors (Lipinski definition) is 2. The fraction of sp³-hybridized carbons (Fsp3) is 0.538. The van der Waals surface area contributed by atoms with Crippen molar-refractivity contribution in [2.24, 2.45) is 5.41 Å². The molecule has 2 rings (SSSR count). The summed E-state index contributed by atoms with van der Waals surface area (Å²) in [6.07, 6.45) is 2.50. The van der Waals surface area contributed by atoms with Crippen LogP contribution >= 0.6 is 22.6 Å². The Labute approximate surface area is 111 Å². The minimum absolute atomic E-state index is 0.495. The van der Waals surface area contributed by atoms with Crippen molar-refractivity contribution in [2.45, 2.75) is 26.7 Å². The van der Waals surface area contributed by atoms with Gasteiger partial charge in [0.2, 0.25) is 0 Å². The summed E-state index contributed by atoms with van der Waals surface area (Å²) in [5.74, 6) is 0. The molecule has 0 aliphatic carbocycles. The molecule has 1 heterocycles. The first-order valence-electron chi connectivity index (χ1n) is 5.78. The van der Waals surface area contributed by atoms with E-state index in [2.05, 4.69) is 59.5 Å². The highest BCUT2D eigenvalue weighted by Crippen LogP contribution is 2.34. The van der Waals surface area contributed by atoms with Gasteiger partial charge in [-0.05, 0) is 59.0 Å². The summed E-state index contributed by atoms with van der Waals surface area (Å²) in [5, 5.41) is 0. The Bertz CT molecular complexity index is 378. The van der Waals surface area contributed by atoms with Crippen molar-refractivity contribution in [3.8, 4) is 0 Å². The number of halogens is 1. The third-order valence-corrected chi connectivity index (χ3v) is 4.12. The van der Waals surface area contributed by atoms with E-state index in [1.54, 1.807) is 0 Å². The van der Waals surface area contributed by atoms with Crippen molar-refractivity contribution in [2.75, 3.05) is 23.7 Å². The lowest BCUT2D eigenvalue weighted by molar-refractivity contribution is 0.280. The monoisotopic (exact) mass is 330 g/mol. The molecule has 0 saturated carbocycles. The molecule has 1 aromatic carbocycles. The van der Waals surface area contributed by atoms with E-state index in [4.69, 9.17) is 5.73 Å². The number of anilines is 2. The summed E-state index contributed by atoms with van der Waals surface area (Å²) in [6, 6.07) is 6.33. The average Bonchev–Trinajstić information content (AvgIpc) is 2.19. The van der Waals surface area contributed by atoms with Crippen molar-refractivity contribution in [3.05, 3.63) is 21.8 Å². The molecule has 1 saturated heterocycles. The van der Waals surface area contributed by atoms with Gasteiger partial charge in [-0.1, -0.05) is 13.8 Å². The van der Waals surface area contributed by atoms with Gasteiger partial charge in [0.15, 0.2) is 0 Å². The lowest BCUT2D eigenvalue weighted by Gasteiger charge is -2.38. The van der Waals surface area contributed by atoms with Gasteiger partial charge in [0.25, 0.3) is 0 Å². The van der Waals surface area contributed by atoms with Crippen LogP contribution in [-0.4, -0.2) is 13.1 Å². The van der Waals surface area contributed by atoms with Gasteiger partial charge < -0.3 is 10.6 Å². The molecule has 0 atom stereocenters. The maximum atomic E-state index is 6.07. The average molecular weight is 330 g/mol. The van der Waals surface area contributed by atoms with Crippen LogP contribution in [0.3, 0.4) is 0 Å². The lowest BCUT2D eigenvalue weighted by atomic mass is 9.82. The predicted octanol–water partition coefficient (Wildman–Crippen LogP) is 3.50. The minimum Gasteiger partial charge on any atom is -0.397 e. The number of benzene rings is 1. The minimum atomic E-state index is 0.495. The summed E-state index contributed by atoms with van der Waals surface area (Å²) in [5.41, 5.74) is 8.68. The van der Waals surface area contributed by atoms with Crippen LogP contribution in [0.5, 0.6) is 0 Å². The van der Waals surface area contributed by atoms with E-state index >= 15 is 0 Å². The molecule has 0 spiro atoms. The van der Waals surface area contributed by atoms with Crippen molar-refractivity contribution in [3.63, 3.8) is 0 Å². The van der Waals surface area contributed by atoms with E-state index in [0.717, 1.165) is 18.8 Å². The number of nitrogen functional groups attached to an aromatic ring is 1. The topological polar surface area (TPSA) is 29.3 Å². The maximum Gasteiger partial charge on any atom is 0.0600 e. The Hall–Kier alpha value is -0.450. The van der Waals surface area contributed by atoms with E-state index < -0.39 is 0 Å². The maximum absolute atomic E-state index is 6.07. The van der Waals surface area contributed by atoms with Crippen LogP contribution in [0.25, 0.3) is 0 Å². The molecular formula is C13H19IN2. The first-order valence-corrected chi connectivity index (χ1v) is 6.86. The zero-order chi connectivity index (χ0) is 11.8. The summed E-state index contributed by atoms with van der Waals surface area (Å²) < 4.78 is 1.20. The summed E-state index contributed by atoms with van der Waals surface area (Å²) in [6.45, 7) is 6.94. The number of nitrogens with two attached hydrogens (primary N) is 1. The molecule has 0 bridgehead atoms. The molecule has 16 heavy (non-hydrogen) atoms. The highest BCUT2D eigenvalue weighted by molar-refractivity contribution is 14.1. The van der Waals surface area contributed by atoms with Gasteiger partial charge in [-0.2, -0.15) is 0 Å². The Morgan fingerprint density at radius 1 is 1.25 bits per heavy atom. The quantitative estimate of drug-likeness (QED) is 0.631. The highest BCUT2D eigenvalue weighted by atomic mass is 127. The van der Waals surface area contributed by atoms with Gasteiger partial charge in [-0.3, -0.25) is 0 Å². The SMILES string of the molecule is CC1(C)CCN(c2ccc(I)cc2N)CC1. The van der Waals surface area contributed by atoms with E-state index in [0.29, 0.717) is 5.41 Å². The fourth-order valence-electron chi connectivity index (χ4n) is 2.17. The largest absolute Gasteiger partial charge is 0.397 e. The second-order valence-corrected chi connectivity index (χ2v) is 6.60. The third kappa shape index (κ3) is 2.62. The second kappa shape index (κ2) is 4.43. The molecule has 0 radical (unpaired) electrons. The second-order valence-electron chi connectivity index (χ2n) is 5.35. The van der Waals surface area contributed by atoms with Crippen molar-refractivity contribution >= 4 is 34.0 Å². The molecule has 88 valence electrons. The van der Waals surface area contributed by atoms with Crippen molar-refractivity contribution in [1.82, 2.24) is 0 Å². The zero-order valence-corrected chi connectivity index (χ0v) is 12.1. The van der Waals surface area contributed by atoms with Crippen LogP contribution in [0.1, 0.15) is 26.7 Å². The van der Waals surface area contributed by atoms with Crippen molar-refractivity contribution < 1.29 is 0 Å². The normalized spacial score (nSPS) is 19.8. The number of hydrogen-bond donors (Lipinski definition) is 1. The van der Waals surface area contributed by atoms with Gasteiger partial charge in [0, 0.05) is 16.7 Å². The molecule has 1 fully saturated rings. The molecule has 2 N–H and O–H groups in total. The molecular weight excluding hydrogens is 311 g/mol. The number of nitrogens with zero attached hydrogens (tertiary/aromatic N) is 1. The zero-order valence-electron chi connectivity index (χ0n) is 9.96. The Morgan fingerprint density at radius 3 is 2.44 bits per heavy atom. The Morgan fingerprint density at radius 2 is 1.88 bits per heavy atom. The summed E-state index contributed by atoms with van der Waals surface area (Å²) >= 11 is 2.30. The van der Waals surface area contributed by atoms with Crippen LogP contribution in [0, 0.1) is 8.99 Å². The van der Waals surface area contributed by atoms with E-state index in [1.165, 1.54) is 22.1 Å². The van der Waals surface area contributed by atoms with Crippen LogP contribution in [0.15, 0.2) is 18.2 Å². The molecule has 1 aromatic rings. The van der Waals surface area contributed by atoms with Gasteiger partial charge in [0.1, 0.15) is 0 Å². The molecule has 0 amide bonds. The van der Waals surface area contributed by atoms with Gasteiger partial charge in [0.05, 0.1) is 11.4 Å². The smallest absolute Gasteiger partial charge is 0.0600 e. The predicted molar refractivity (Wildman–Crippen MR) is 78.8 cm³/mol. The number of piperidine rings is 1. The first kappa shape index (κ1) is 12.0. The third-order valence-electron chi connectivity index (χ3n) is 3.45. The first-order chi connectivity index (χ1) is 7.48. The van der Waals surface area contributed by atoms with E-state index in [-0.39, 0.29) is 0 Å². The fourth-order valence-corrected chi connectivity index (χ4v) is 2.68. The molecule has 0 unspecified atom stereocenters. The summed E-state index contributed by atoms with van der Waals surface area (Å²) in [4.78, 5) is 2.41. The highest BCUT2D eigenvalue weighted by Gasteiger charge is 2.26. The van der Waals surface area contributed by atoms with E-state index in [1.807, 2.05) is 0 Å². The molecule has 3 heteroatoms. The lowest BCUT2D eigenvalue weighted by Crippen LogP contribution is -2.37. The molecule has 0 aromatic heterocycles. The Balaban J connectivity index is 2.14. The van der Waals surface area contributed by atoms with Gasteiger partial charge in [-0.25, -0.2) is 0 Å². The van der Waals surface area contributed by atoms with Crippen LogP contribution in [0.2, 0.25) is 0 Å². The van der Waals surface area contributed by atoms with E-state index in [9.17, 15) is 0 Å². The molecule has 1 aliphatic heterocycles. The standard InChI is InChI=1S/C13H19IN2/c1-13(2)5-7-16(8-6-13)12-4-3-10(14)9-11(12)15/h3-4,9H,5-8,15H2,1-2H3. The van der Waals surface area contributed by atoms with Crippen LogP contribution in [-0.2, 0) is 0 Å². The van der Waals surface area contributed by atoms with Gasteiger partial charge >= 0.3 is 0 Å². The van der Waals surface area contributed by atoms with Crippen LogP contribution < -0.4 is 10.6 Å². The van der Waals surface area contributed by atoms with Crippen molar-refractivity contribution in [1.29, 1.82) is 0 Å². The molecule has 1 aliphatic rings. The number of rotatable bonds is 1. The van der Waals surface area contributed by atoms with Gasteiger partial charge in [-0.15, -0.1) is 0 Å². The van der Waals surface area contributed by atoms with Crippen LogP contribution in [0.4, 0.5) is 11.4 Å².